The monoisotopic (exact) mass is 217 g/mol. The largest absolute Gasteiger partial charge is 0.378 e. The number of rotatable bonds is 1. The average molecular weight is 217 g/mol. The smallest absolute Gasteiger partial charge is 0.177 e. The van der Waals surface area contributed by atoms with E-state index in [0.29, 0.717) is 11.1 Å². The number of carbonyl (C=O) groups is 2. The molecule has 1 aromatic rings. The van der Waals surface area contributed by atoms with Gasteiger partial charge in [-0.15, -0.1) is 0 Å². The van der Waals surface area contributed by atoms with Gasteiger partial charge in [-0.05, 0) is 32.0 Å². The van der Waals surface area contributed by atoms with Gasteiger partial charge in [-0.2, -0.15) is 0 Å². The Labute approximate surface area is 95.1 Å². The van der Waals surface area contributed by atoms with Crippen molar-refractivity contribution in [3.05, 3.63) is 29.3 Å². The van der Waals surface area contributed by atoms with E-state index in [4.69, 9.17) is 0 Å². The fourth-order valence-electron chi connectivity index (χ4n) is 1.97. The molecule has 0 aliphatic heterocycles. The molecule has 0 aromatic heterocycles. The molecule has 1 aliphatic rings. The predicted molar refractivity (Wildman–Crippen MR) is 63.2 cm³/mol. The Kier molecular flexibility index (Phi) is 2.15. The molecular weight excluding hydrogens is 202 g/mol. The third-order valence-corrected chi connectivity index (χ3v) is 3.14. The highest BCUT2D eigenvalue weighted by Gasteiger charge is 2.45. The Morgan fingerprint density at radius 1 is 1.00 bits per heavy atom. The molecule has 1 aromatic carbocycles. The minimum atomic E-state index is -0.896. The standard InChI is InChI=1S/C13H15NO2/c1-13(2)11(15)9-6-5-8(14(3)4)7-10(9)12(13)16/h5-7H,1-4H3. The van der Waals surface area contributed by atoms with Crippen molar-refractivity contribution in [2.75, 3.05) is 19.0 Å². The van der Waals surface area contributed by atoms with Gasteiger partial charge in [-0.3, -0.25) is 9.59 Å². The molecule has 3 heteroatoms. The average Bonchev–Trinajstić information content (AvgIpc) is 2.40. The van der Waals surface area contributed by atoms with Crippen LogP contribution in [0, 0.1) is 5.41 Å². The van der Waals surface area contributed by atoms with E-state index in [1.54, 1.807) is 26.0 Å². The zero-order valence-corrected chi connectivity index (χ0v) is 10.00. The van der Waals surface area contributed by atoms with E-state index in [0.717, 1.165) is 5.69 Å². The lowest BCUT2D eigenvalue weighted by Crippen LogP contribution is -2.25. The van der Waals surface area contributed by atoms with Gasteiger partial charge in [0.15, 0.2) is 11.6 Å². The molecule has 1 aliphatic carbocycles. The van der Waals surface area contributed by atoms with Gasteiger partial charge >= 0.3 is 0 Å². The molecule has 0 bridgehead atoms. The highest BCUT2D eigenvalue weighted by Crippen LogP contribution is 2.37. The van der Waals surface area contributed by atoms with Crippen LogP contribution in [0.2, 0.25) is 0 Å². The predicted octanol–water partition coefficient (Wildman–Crippen LogP) is 2.16. The molecule has 3 nitrogen and oxygen atoms in total. The molecule has 0 atom stereocenters. The molecule has 0 saturated heterocycles. The van der Waals surface area contributed by atoms with Gasteiger partial charge in [-0.25, -0.2) is 0 Å². The molecule has 16 heavy (non-hydrogen) atoms. The van der Waals surface area contributed by atoms with Crippen molar-refractivity contribution < 1.29 is 9.59 Å². The number of hydrogen-bond acceptors (Lipinski definition) is 3. The molecule has 2 rings (SSSR count). The lowest BCUT2D eigenvalue weighted by Gasteiger charge is -2.13. The minimum absolute atomic E-state index is 0.0715. The van der Waals surface area contributed by atoms with Gasteiger partial charge < -0.3 is 4.90 Å². The van der Waals surface area contributed by atoms with Crippen LogP contribution in [0.15, 0.2) is 18.2 Å². The summed E-state index contributed by atoms with van der Waals surface area (Å²) in [6.45, 7) is 3.38. The van der Waals surface area contributed by atoms with E-state index < -0.39 is 5.41 Å². The molecule has 0 amide bonds. The van der Waals surface area contributed by atoms with E-state index in [1.807, 2.05) is 25.1 Å². The first-order valence-corrected chi connectivity index (χ1v) is 5.26. The van der Waals surface area contributed by atoms with Gasteiger partial charge in [0.05, 0.1) is 5.41 Å². The summed E-state index contributed by atoms with van der Waals surface area (Å²) >= 11 is 0. The van der Waals surface area contributed by atoms with E-state index >= 15 is 0 Å². The first-order valence-electron chi connectivity index (χ1n) is 5.26. The van der Waals surface area contributed by atoms with Gasteiger partial charge in [0.2, 0.25) is 0 Å². The summed E-state index contributed by atoms with van der Waals surface area (Å²) in [6, 6.07) is 5.41. The van der Waals surface area contributed by atoms with Crippen molar-refractivity contribution in [3.63, 3.8) is 0 Å². The number of ketones is 2. The number of fused-ring (bicyclic) bond motifs is 1. The fraction of sp³-hybridized carbons (Fsp3) is 0.385. The quantitative estimate of drug-likeness (QED) is 0.676. The maximum Gasteiger partial charge on any atom is 0.177 e. The number of benzene rings is 1. The van der Waals surface area contributed by atoms with Crippen LogP contribution in [0.5, 0.6) is 0 Å². The maximum absolute atomic E-state index is 12.1. The van der Waals surface area contributed by atoms with E-state index in [-0.39, 0.29) is 11.6 Å². The molecule has 0 heterocycles. The lowest BCUT2D eigenvalue weighted by atomic mass is 9.88. The molecule has 0 saturated carbocycles. The van der Waals surface area contributed by atoms with Crippen LogP contribution in [0.3, 0.4) is 0 Å². The molecular formula is C13H15NO2. The van der Waals surface area contributed by atoms with Crippen molar-refractivity contribution in [3.8, 4) is 0 Å². The van der Waals surface area contributed by atoms with Crippen LogP contribution in [0.4, 0.5) is 5.69 Å². The van der Waals surface area contributed by atoms with Gasteiger partial charge in [0, 0.05) is 30.9 Å². The topological polar surface area (TPSA) is 37.4 Å². The van der Waals surface area contributed by atoms with Crippen molar-refractivity contribution in [2.24, 2.45) is 5.41 Å². The van der Waals surface area contributed by atoms with E-state index in [9.17, 15) is 9.59 Å². The second-order valence-electron chi connectivity index (χ2n) is 4.91. The number of carbonyl (C=O) groups excluding carboxylic acids is 2. The third-order valence-electron chi connectivity index (χ3n) is 3.14. The summed E-state index contributed by atoms with van der Waals surface area (Å²) in [6.07, 6.45) is 0. The van der Waals surface area contributed by atoms with Crippen LogP contribution in [-0.2, 0) is 0 Å². The first kappa shape index (κ1) is 10.9. The second-order valence-corrected chi connectivity index (χ2v) is 4.91. The normalized spacial score (nSPS) is 17.5. The van der Waals surface area contributed by atoms with Crippen molar-refractivity contribution in [1.29, 1.82) is 0 Å². The molecule has 0 N–H and O–H groups in total. The summed E-state index contributed by atoms with van der Waals surface area (Å²) in [7, 11) is 3.82. The van der Waals surface area contributed by atoms with E-state index in [1.165, 1.54) is 0 Å². The Balaban J connectivity index is 2.61. The van der Waals surface area contributed by atoms with Crippen LogP contribution in [0.25, 0.3) is 0 Å². The molecule has 0 unspecified atom stereocenters. The third kappa shape index (κ3) is 1.28. The number of nitrogens with zero attached hydrogens (tertiary/aromatic N) is 1. The summed E-state index contributed by atoms with van der Waals surface area (Å²) < 4.78 is 0. The van der Waals surface area contributed by atoms with Crippen LogP contribution >= 0.6 is 0 Å². The number of Topliss-reactive ketones (excluding diaryl/α,β-unsaturated/α-hetero) is 2. The molecule has 0 radical (unpaired) electrons. The Morgan fingerprint density at radius 2 is 1.56 bits per heavy atom. The molecule has 84 valence electrons. The minimum Gasteiger partial charge on any atom is -0.378 e. The Bertz CT molecular complexity index is 487. The van der Waals surface area contributed by atoms with Gasteiger partial charge in [0.1, 0.15) is 0 Å². The van der Waals surface area contributed by atoms with Crippen molar-refractivity contribution >= 4 is 17.3 Å². The SMILES string of the molecule is CN(C)c1ccc2c(c1)C(=O)C(C)(C)C2=O. The lowest BCUT2D eigenvalue weighted by molar-refractivity contribution is 0.0746. The number of hydrogen-bond donors (Lipinski definition) is 0. The van der Waals surface area contributed by atoms with Gasteiger partial charge in [0.25, 0.3) is 0 Å². The summed E-state index contributed by atoms with van der Waals surface area (Å²) in [5.41, 5.74) is 1.16. The fourth-order valence-corrected chi connectivity index (χ4v) is 1.97. The summed E-state index contributed by atoms with van der Waals surface area (Å²) in [5, 5.41) is 0. The molecule has 0 spiro atoms. The Hall–Kier alpha value is -1.64. The Morgan fingerprint density at radius 3 is 2.12 bits per heavy atom. The summed E-state index contributed by atoms with van der Waals surface area (Å²) in [5.74, 6) is -0.144. The highest BCUT2D eigenvalue weighted by molar-refractivity contribution is 6.29. The summed E-state index contributed by atoms with van der Waals surface area (Å²) in [4.78, 5) is 26.0. The van der Waals surface area contributed by atoms with Crippen LogP contribution in [0.1, 0.15) is 34.6 Å². The highest BCUT2D eigenvalue weighted by atomic mass is 16.2. The van der Waals surface area contributed by atoms with Gasteiger partial charge in [-0.1, -0.05) is 0 Å². The van der Waals surface area contributed by atoms with E-state index in [2.05, 4.69) is 0 Å². The van der Waals surface area contributed by atoms with Crippen LogP contribution < -0.4 is 4.90 Å². The van der Waals surface area contributed by atoms with Crippen molar-refractivity contribution in [1.82, 2.24) is 0 Å². The zero-order chi connectivity index (χ0) is 12.1. The van der Waals surface area contributed by atoms with Crippen molar-refractivity contribution in [2.45, 2.75) is 13.8 Å². The molecule has 0 fully saturated rings. The zero-order valence-electron chi connectivity index (χ0n) is 10.00. The second kappa shape index (κ2) is 3.17. The van der Waals surface area contributed by atoms with Crippen LogP contribution in [-0.4, -0.2) is 25.7 Å². The first-order chi connectivity index (χ1) is 7.35. The number of anilines is 1. The maximum atomic E-state index is 12.1.